The fraction of sp³-hybridized carbons (Fsp3) is 0.850. The van der Waals surface area contributed by atoms with Gasteiger partial charge in [-0.15, -0.1) is 5.73 Å². The van der Waals surface area contributed by atoms with E-state index in [0.29, 0.717) is 0 Å². The van der Waals surface area contributed by atoms with Crippen molar-refractivity contribution in [1.82, 2.24) is 0 Å². The van der Waals surface area contributed by atoms with Gasteiger partial charge in [0.1, 0.15) is 0 Å². The molecule has 0 bridgehead atoms. The minimum Gasteiger partial charge on any atom is -0.130 e. The summed E-state index contributed by atoms with van der Waals surface area (Å²) in [6, 6.07) is 0. The standard InChI is InChI=1S/C20H38/c1-4-7-8-9-10-11-12-13-14-15-16-17-18-19-20(5-2)6-3/h2,4,6-19H2,1,3H3. The van der Waals surface area contributed by atoms with Crippen molar-refractivity contribution < 1.29 is 0 Å². The molecule has 0 heterocycles. The molecule has 0 fully saturated rings. The van der Waals surface area contributed by atoms with Crippen molar-refractivity contribution >= 4 is 0 Å². The molecule has 0 spiro atoms. The maximum atomic E-state index is 3.75. The summed E-state index contributed by atoms with van der Waals surface area (Å²) in [5, 5.41) is 0. The zero-order valence-corrected chi connectivity index (χ0v) is 14.3. The SMILES string of the molecule is C=C=C(CC)CCCCCCCCCCCCCCC. The fourth-order valence-corrected chi connectivity index (χ4v) is 2.75. The van der Waals surface area contributed by atoms with Crippen molar-refractivity contribution in [2.24, 2.45) is 0 Å². The Kier molecular flexibility index (Phi) is 16.2. The first kappa shape index (κ1) is 19.5. The molecule has 0 aromatic rings. The van der Waals surface area contributed by atoms with Gasteiger partial charge in [-0.2, -0.15) is 0 Å². The molecule has 0 N–H and O–H groups in total. The van der Waals surface area contributed by atoms with Crippen molar-refractivity contribution in [2.75, 3.05) is 0 Å². The van der Waals surface area contributed by atoms with Crippen molar-refractivity contribution in [3.63, 3.8) is 0 Å². The topological polar surface area (TPSA) is 0 Å². The Morgan fingerprint density at radius 2 is 1.05 bits per heavy atom. The Morgan fingerprint density at radius 1 is 0.650 bits per heavy atom. The highest BCUT2D eigenvalue weighted by molar-refractivity contribution is 4.97. The van der Waals surface area contributed by atoms with Gasteiger partial charge in [-0.25, -0.2) is 0 Å². The Bertz CT molecular complexity index is 232. The largest absolute Gasteiger partial charge is 0.130 e. The van der Waals surface area contributed by atoms with Gasteiger partial charge in [0, 0.05) is 0 Å². The van der Waals surface area contributed by atoms with Gasteiger partial charge in [0.05, 0.1) is 0 Å². The molecular weight excluding hydrogens is 240 g/mol. The second-order valence-corrected chi connectivity index (χ2v) is 6.13. The van der Waals surface area contributed by atoms with E-state index < -0.39 is 0 Å². The first-order valence-electron chi connectivity index (χ1n) is 9.22. The van der Waals surface area contributed by atoms with E-state index in [1.165, 1.54) is 95.5 Å². The number of rotatable bonds is 15. The fourth-order valence-electron chi connectivity index (χ4n) is 2.75. The molecule has 0 saturated heterocycles. The first-order valence-corrected chi connectivity index (χ1v) is 9.22. The van der Waals surface area contributed by atoms with E-state index in [-0.39, 0.29) is 0 Å². The van der Waals surface area contributed by atoms with Gasteiger partial charge < -0.3 is 0 Å². The lowest BCUT2D eigenvalue weighted by Gasteiger charge is -2.03. The third-order valence-corrected chi connectivity index (χ3v) is 4.26. The van der Waals surface area contributed by atoms with E-state index in [4.69, 9.17) is 0 Å². The normalized spacial score (nSPS) is 10.5. The highest BCUT2D eigenvalue weighted by Gasteiger charge is 1.95. The van der Waals surface area contributed by atoms with E-state index in [1.54, 1.807) is 0 Å². The molecule has 0 amide bonds. The summed E-state index contributed by atoms with van der Waals surface area (Å²) < 4.78 is 0. The lowest BCUT2D eigenvalue weighted by atomic mass is 10.0. The maximum Gasteiger partial charge on any atom is -0.0244 e. The number of hydrogen-bond donors (Lipinski definition) is 0. The van der Waals surface area contributed by atoms with Crippen LogP contribution in [0, 0.1) is 0 Å². The molecular formula is C20H38. The van der Waals surface area contributed by atoms with Crippen LogP contribution < -0.4 is 0 Å². The molecule has 0 atom stereocenters. The highest BCUT2D eigenvalue weighted by Crippen LogP contribution is 2.15. The van der Waals surface area contributed by atoms with Gasteiger partial charge in [0.25, 0.3) is 0 Å². The van der Waals surface area contributed by atoms with Crippen molar-refractivity contribution in [1.29, 1.82) is 0 Å². The highest BCUT2D eigenvalue weighted by atomic mass is 14.0. The van der Waals surface area contributed by atoms with Crippen molar-refractivity contribution in [3.8, 4) is 0 Å². The van der Waals surface area contributed by atoms with E-state index >= 15 is 0 Å². The van der Waals surface area contributed by atoms with Crippen LogP contribution in [-0.4, -0.2) is 0 Å². The van der Waals surface area contributed by atoms with Crippen LogP contribution in [0.2, 0.25) is 0 Å². The summed E-state index contributed by atoms with van der Waals surface area (Å²) in [7, 11) is 0. The third-order valence-electron chi connectivity index (χ3n) is 4.26. The summed E-state index contributed by atoms with van der Waals surface area (Å²) >= 11 is 0. The molecule has 20 heavy (non-hydrogen) atoms. The molecule has 0 aromatic heterocycles. The van der Waals surface area contributed by atoms with Crippen LogP contribution in [0.4, 0.5) is 0 Å². The quantitative estimate of drug-likeness (QED) is 0.214. The third kappa shape index (κ3) is 13.9. The van der Waals surface area contributed by atoms with Crippen LogP contribution in [-0.2, 0) is 0 Å². The van der Waals surface area contributed by atoms with Crippen LogP contribution in [0.5, 0.6) is 0 Å². The average Bonchev–Trinajstić information content (AvgIpc) is 2.48. The Labute approximate surface area is 128 Å². The molecule has 0 aliphatic heterocycles. The molecule has 0 radical (unpaired) electrons. The van der Waals surface area contributed by atoms with Crippen molar-refractivity contribution in [3.05, 3.63) is 17.9 Å². The van der Waals surface area contributed by atoms with E-state index in [1.807, 2.05) is 0 Å². The number of hydrogen-bond acceptors (Lipinski definition) is 0. The molecule has 0 rings (SSSR count). The zero-order valence-electron chi connectivity index (χ0n) is 14.3. The summed E-state index contributed by atoms with van der Waals surface area (Å²) in [6.45, 7) is 8.24. The Balaban J connectivity index is 3.08. The van der Waals surface area contributed by atoms with Crippen LogP contribution in [0.15, 0.2) is 17.9 Å². The van der Waals surface area contributed by atoms with E-state index in [0.717, 1.165) is 6.42 Å². The predicted molar refractivity (Wildman–Crippen MR) is 93.3 cm³/mol. The number of allylic oxidation sites excluding steroid dienone is 1. The van der Waals surface area contributed by atoms with Gasteiger partial charge in [-0.05, 0) is 24.8 Å². The summed E-state index contributed by atoms with van der Waals surface area (Å²) in [6.07, 6.45) is 21.0. The first-order chi connectivity index (χ1) is 9.85. The molecule has 0 aliphatic rings. The van der Waals surface area contributed by atoms with Crippen LogP contribution >= 0.6 is 0 Å². The monoisotopic (exact) mass is 278 g/mol. The molecule has 0 aromatic carbocycles. The molecule has 0 saturated carbocycles. The van der Waals surface area contributed by atoms with E-state index in [2.05, 4.69) is 26.2 Å². The smallest absolute Gasteiger partial charge is 0.0244 e. The van der Waals surface area contributed by atoms with Crippen LogP contribution in [0.3, 0.4) is 0 Å². The second kappa shape index (κ2) is 16.6. The van der Waals surface area contributed by atoms with Gasteiger partial charge in [0.2, 0.25) is 0 Å². The number of unbranched alkanes of at least 4 members (excludes halogenated alkanes) is 12. The Hall–Kier alpha value is -0.480. The summed E-state index contributed by atoms with van der Waals surface area (Å²) in [5.41, 5.74) is 4.47. The van der Waals surface area contributed by atoms with Gasteiger partial charge in [-0.1, -0.05) is 97.5 Å². The molecule has 0 unspecified atom stereocenters. The molecule has 0 aliphatic carbocycles. The van der Waals surface area contributed by atoms with Gasteiger partial charge >= 0.3 is 0 Å². The average molecular weight is 279 g/mol. The molecule has 0 heteroatoms. The van der Waals surface area contributed by atoms with E-state index in [9.17, 15) is 0 Å². The molecule has 0 nitrogen and oxygen atoms in total. The minimum atomic E-state index is 1.13. The minimum absolute atomic E-state index is 1.13. The van der Waals surface area contributed by atoms with Crippen molar-refractivity contribution in [2.45, 2.75) is 110 Å². The predicted octanol–water partition coefficient (Wildman–Crippen LogP) is 7.59. The maximum absolute atomic E-state index is 3.75. The second-order valence-electron chi connectivity index (χ2n) is 6.13. The lowest BCUT2D eigenvalue weighted by Crippen LogP contribution is -1.84. The van der Waals surface area contributed by atoms with Gasteiger partial charge in [-0.3, -0.25) is 0 Å². The zero-order chi connectivity index (χ0) is 14.9. The lowest BCUT2D eigenvalue weighted by molar-refractivity contribution is 0.539. The van der Waals surface area contributed by atoms with Gasteiger partial charge in [0.15, 0.2) is 0 Å². The summed E-state index contributed by atoms with van der Waals surface area (Å²) in [5.74, 6) is 0. The molecule has 118 valence electrons. The van der Waals surface area contributed by atoms with Crippen LogP contribution in [0.25, 0.3) is 0 Å². The Morgan fingerprint density at radius 3 is 1.40 bits per heavy atom. The summed E-state index contributed by atoms with van der Waals surface area (Å²) in [4.78, 5) is 0. The van der Waals surface area contributed by atoms with Crippen LogP contribution in [0.1, 0.15) is 110 Å².